The summed E-state index contributed by atoms with van der Waals surface area (Å²) in [7, 11) is 0. The van der Waals surface area contributed by atoms with Crippen LogP contribution in [-0.4, -0.2) is 17.1 Å². The van der Waals surface area contributed by atoms with Crippen molar-refractivity contribution in [3.8, 4) is 16.9 Å². The monoisotopic (exact) mass is 454 g/mol. The number of benzene rings is 4. The molecule has 2 N–H and O–H groups in total. The smallest absolute Gasteiger partial charge is 0.249 e. The summed E-state index contributed by atoms with van der Waals surface area (Å²) in [5, 5.41) is 2.58. The number of hydrogen-bond acceptors (Lipinski definition) is 2. The molecular weight excluding hydrogens is 432 g/mol. The average Bonchev–Trinajstić information content (AvgIpc) is 3.13. The minimum absolute atomic E-state index is 0.431. The summed E-state index contributed by atoms with van der Waals surface area (Å²) < 4.78 is 7.93. The lowest BCUT2D eigenvalue weighted by atomic mass is 10.0. The molecule has 5 rings (SSSR count). The summed E-state index contributed by atoms with van der Waals surface area (Å²) in [6, 6.07) is 27.9. The Morgan fingerprint density at radius 1 is 0.909 bits per heavy atom. The van der Waals surface area contributed by atoms with Gasteiger partial charge in [-0.1, -0.05) is 54.1 Å². The third kappa shape index (κ3) is 3.94. The van der Waals surface area contributed by atoms with Crippen LogP contribution in [0, 0.1) is 0 Å². The number of fused-ring (bicyclic) bond motifs is 3. The molecule has 1 heterocycles. The van der Waals surface area contributed by atoms with Crippen LogP contribution >= 0.6 is 11.6 Å². The average molecular weight is 455 g/mol. The quantitative estimate of drug-likeness (QED) is 0.312. The minimum atomic E-state index is -0.431. The maximum absolute atomic E-state index is 12.2. The van der Waals surface area contributed by atoms with Gasteiger partial charge < -0.3 is 15.0 Å². The van der Waals surface area contributed by atoms with Gasteiger partial charge in [-0.25, -0.2) is 0 Å². The van der Waals surface area contributed by atoms with Gasteiger partial charge in [-0.3, -0.25) is 4.79 Å². The van der Waals surface area contributed by atoms with Crippen LogP contribution in [0.1, 0.15) is 22.8 Å². The molecule has 0 saturated carbocycles. The van der Waals surface area contributed by atoms with E-state index in [9.17, 15) is 4.79 Å². The molecule has 0 radical (unpaired) electrons. The Hall–Kier alpha value is -3.76. The molecule has 5 aromatic rings. The van der Waals surface area contributed by atoms with E-state index in [1.165, 1.54) is 0 Å². The van der Waals surface area contributed by atoms with Crippen molar-refractivity contribution in [3.63, 3.8) is 0 Å². The molecule has 1 amide bonds. The van der Waals surface area contributed by atoms with Crippen LogP contribution < -0.4 is 10.5 Å². The minimum Gasteiger partial charge on any atom is -0.494 e. The van der Waals surface area contributed by atoms with E-state index >= 15 is 0 Å². The van der Waals surface area contributed by atoms with Crippen molar-refractivity contribution >= 4 is 39.3 Å². The van der Waals surface area contributed by atoms with Crippen LogP contribution in [0.2, 0.25) is 5.02 Å². The number of halogens is 1. The number of primary amides is 1. The molecule has 33 heavy (non-hydrogen) atoms. The molecular formula is C28H23ClN2O2. The molecule has 0 aliphatic rings. The molecule has 0 aliphatic heterocycles. The second-order valence-electron chi connectivity index (χ2n) is 7.97. The van der Waals surface area contributed by atoms with E-state index in [0.29, 0.717) is 23.7 Å². The fourth-order valence-corrected chi connectivity index (χ4v) is 4.55. The molecule has 0 unspecified atom stereocenters. The van der Waals surface area contributed by atoms with Crippen LogP contribution in [0.15, 0.2) is 84.9 Å². The van der Waals surface area contributed by atoms with Gasteiger partial charge in [0, 0.05) is 27.9 Å². The van der Waals surface area contributed by atoms with Gasteiger partial charge in [-0.05, 0) is 66.1 Å². The first kappa shape index (κ1) is 21.1. The Bertz CT molecular complexity index is 1490. The lowest BCUT2D eigenvalue weighted by molar-refractivity contribution is 0.100. The highest BCUT2D eigenvalue weighted by atomic mass is 35.5. The molecule has 0 atom stereocenters. The number of carbonyl (C=O) groups excluding carboxylic acids is 1. The number of ether oxygens (including phenoxy) is 1. The molecule has 0 saturated heterocycles. The predicted molar refractivity (Wildman–Crippen MR) is 135 cm³/mol. The van der Waals surface area contributed by atoms with E-state index in [0.717, 1.165) is 44.2 Å². The first-order chi connectivity index (χ1) is 16.0. The van der Waals surface area contributed by atoms with Gasteiger partial charge in [-0.15, -0.1) is 0 Å². The summed E-state index contributed by atoms with van der Waals surface area (Å²) >= 11 is 6.09. The zero-order chi connectivity index (χ0) is 22.9. The summed E-state index contributed by atoms with van der Waals surface area (Å²) in [6.07, 6.45) is 0. The largest absolute Gasteiger partial charge is 0.494 e. The van der Waals surface area contributed by atoms with Gasteiger partial charge in [0.2, 0.25) is 5.91 Å². The second-order valence-corrected chi connectivity index (χ2v) is 8.41. The third-order valence-electron chi connectivity index (χ3n) is 5.88. The summed E-state index contributed by atoms with van der Waals surface area (Å²) in [5.74, 6) is 0.412. The molecule has 4 aromatic carbocycles. The third-order valence-corrected chi connectivity index (χ3v) is 6.14. The molecule has 5 heteroatoms. The number of carbonyl (C=O) groups is 1. The van der Waals surface area contributed by atoms with Gasteiger partial charge in [0.1, 0.15) is 5.75 Å². The Morgan fingerprint density at radius 2 is 1.67 bits per heavy atom. The Morgan fingerprint density at radius 3 is 2.42 bits per heavy atom. The maximum Gasteiger partial charge on any atom is 0.249 e. The van der Waals surface area contributed by atoms with Crippen LogP contribution in [0.3, 0.4) is 0 Å². The molecule has 164 valence electrons. The fourth-order valence-electron chi connectivity index (χ4n) is 4.42. The number of aromatic nitrogens is 1. The number of hydrogen-bond donors (Lipinski definition) is 1. The number of rotatable bonds is 6. The van der Waals surface area contributed by atoms with Crippen LogP contribution in [-0.2, 0) is 6.54 Å². The van der Waals surface area contributed by atoms with Gasteiger partial charge in [0.25, 0.3) is 0 Å². The van der Waals surface area contributed by atoms with Crippen molar-refractivity contribution in [1.29, 1.82) is 0 Å². The van der Waals surface area contributed by atoms with E-state index in [1.807, 2.05) is 55.5 Å². The van der Waals surface area contributed by atoms with E-state index < -0.39 is 5.91 Å². The molecule has 0 aliphatic carbocycles. The van der Waals surface area contributed by atoms with Gasteiger partial charge in [0.15, 0.2) is 0 Å². The highest BCUT2D eigenvalue weighted by Gasteiger charge is 2.17. The van der Waals surface area contributed by atoms with Crippen LogP contribution in [0.5, 0.6) is 5.75 Å². The maximum atomic E-state index is 12.2. The van der Waals surface area contributed by atoms with Crippen molar-refractivity contribution < 1.29 is 9.53 Å². The van der Waals surface area contributed by atoms with Gasteiger partial charge in [-0.2, -0.15) is 0 Å². The zero-order valence-corrected chi connectivity index (χ0v) is 19.0. The molecule has 4 nitrogen and oxygen atoms in total. The summed E-state index contributed by atoms with van der Waals surface area (Å²) in [6.45, 7) is 3.22. The number of nitrogens with two attached hydrogens (primary N) is 1. The molecule has 0 bridgehead atoms. The van der Waals surface area contributed by atoms with Crippen molar-refractivity contribution in [2.45, 2.75) is 13.5 Å². The van der Waals surface area contributed by atoms with Crippen LogP contribution in [0.25, 0.3) is 32.9 Å². The highest BCUT2D eigenvalue weighted by molar-refractivity contribution is 6.30. The predicted octanol–water partition coefficient (Wildman–Crippen LogP) is 6.66. The summed E-state index contributed by atoms with van der Waals surface area (Å²) in [5.41, 5.74) is 11.5. The van der Waals surface area contributed by atoms with E-state index in [2.05, 4.69) is 34.9 Å². The van der Waals surface area contributed by atoms with E-state index in [1.54, 1.807) is 6.07 Å². The molecule has 0 fully saturated rings. The van der Waals surface area contributed by atoms with Crippen molar-refractivity contribution in [1.82, 2.24) is 4.57 Å². The SMILES string of the molecule is CCOc1cccc(Cn2c3cc(-c4ccc(Cl)cc4)ccc3c3c(C(N)=O)cccc32)c1. The normalized spacial score (nSPS) is 11.2. The van der Waals surface area contributed by atoms with Crippen LogP contribution in [0.4, 0.5) is 0 Å². The standard InChI is InChI=1S/C28H23ClN2O2/c1-2-33-22-6-3-5-18(15-22)17-31-25-8-4-7-24(28(30)32)27(25)23-14-11-20(16-26(23)31)19-9-12-21(29)13-10-19/h3-16H,2,17H2,1H3,(H2,30,32). The fraction of sp³-hybridized carbons (Fsp3) is 0.107. The Balaban J connectivity index is 1.74. The Kier molecular flexibility index (Phi) is 5.53. The van der Waals surface area contributed by atoms with Gasteiger partial charge >= 0.3 is 0 Å². The van der Waals surface area contributed by atoms with E-state index in [4.69, 9.17) is 22.1 Å². The number of amides is 1. The summed E-state index contributed by atoms with van der Waals surface area (Å²) in [4.78, 5) is 12.2. The van der Waals surface area contributed by atoms with Gasteiger partial charge in [0.05, 0.1) is 17.6 Å². The van der Waals surface area contributed by atoms with Crippen molar-refractivity contribution in [2.24, 2.45) is 5.73 Å². The first-order valence-electron chi connectivity index (χ1n) is 10.9. The molecule has 1 aromatic heterocycles. The molecule has 0 spiro atoms. The lowest BCUT2D eigenvalue weighted by Gasteiger charge is -2.11. The first-order valence-corrected chi connectivity index (χ1v) is 11.3. The second kappa shape index (κ2) is 8.64. The lowest BCUT2D eigenvalue weighted by Crippen LogP contribution is -2.11. The van der Waals surface area contributed by atoms with Crippen molar-refractivity contribution in [2.75, 3.05) is 6.61 Å². The number of nitrogens with zero attached hydrogens (tertiary/aromatic N) is 1. The van der Waals surface area contributed by atoms with E-state index in [-0.39, 0.29) is 0 Å². The van der Waals surface area contributed by atoms with Crippen molar-refractivity contribution in [3.05, 3.63) is 101 Å². The zero-order valence-electron chi connectivity index (χ0n) is 18.2. The topological polar surface area (TPSA) is 57.2 Å². The highest BCUT2D eigenvalue weighted by Crippen LogP contribution is 2.35. The Labute approximate surface area is 197 Å².